The molecule has 0 aliphatic carbocycles. The number of hydrogen-bond donors (Lipinski definition) is 2. The number of halogens is 3. The maximum atomic E-state index is 13.5. The Morgan fingerprint density at radius 2 is 1.64 bits per heavy atom. The molecular formula is C34H38F3N5O8. The fraction of sp³-hybridized carbons (Fsp3) is 0.441. The molecule has 2 aromatic carbocycles. The minimum Gasteiger partial charge on any atom is -0.494 e. The molecule has 2 N–H and O–H groups in total. The highest BCUT2D eigenvalue weighted by Crippen LogP contribution is 2.26. The fourth-order valence-electron chi connectivity index (χ4n) is 4.87. The number of fused-ring (bicyclic) bond motifs is 10. The van der Waals surface area contributed by atoms with Crippen molar-refractivity contribution in [3.05, 3.63) is 65.0 Å². The van der Waals surface area contributed by atoms with Gasteiger partial charge in [-0.2, -0.15) is 28.1 Å². The third-order valence-corrected chi connectivity index (χ3v) is 7.47. The highest BCUT2D eigenvalue weighted by molar-refractivity contribution is 6.35. The van der Waals surface area contributed by atoms with E-state index in [0.29, 0.717) is 24.3 Å². The van der Waals surface area contributed by atoms with Crippen molar-refractivity contribution < 1.29 is 51.3 Å². The van der Waals surface area contributed by atoms with E-state index < -0.39 is 48.2 Å². The van der Waals surface area contributed by atoms with Crippen LogP contribution in [0.1, 0.15) is 66.3 Å². The van der Waals surface area contributed by atoms with Crippen molar-refractivity contribution in [1.29, 1.82) is 0 Å². The molecule has 0 fully saturated rings. The summed E-state index contributed by atoms with van der Waals surface area (Å²) in [6.45, 7) is 0.207. The number of benzene rings is 2. The minimum atomic E-state index is -4.62. The first kappa shape index (κ1) is 37.5. The van der Waals surface area contributed by atoms with Crippen molar-refractivity contribution in [2.24, 2.45) is 5.92 Å². The largest absolute Gasteiger partial charge is 0.494 e. The number of esters is 1. The number of rotatable bonds is 9. The van der Waals surface area contributed by atoms with Gasteiger partial charge in [0.25, 0.3) is 5.91 Å². The van der Waals surface area contributed by atoms with Crippen LogP contribution >= 0.6 is 0 Å². The van der Waals surface area contributed by atoms with Gasteiger partial charge in [-0.3, -0.25) is 19.2 Å². The van der Waals surface area contributed by atoms with Crippen LogP contribution < -0.4 is 24.8 Å². The van der Waals surface area contributed by atoms with E-state index in [-0.39, 0.29) is 55.6 Å². The number of Topliss-reactive ketones (excluding diaryl/α,β-unsaturated/α-hetero) is 2. The van der Waals surface area contributed by atoms with Crippen LogP contribution in [0.2, 0.25) is 0 Å². The molecule has 0 unspecified atom stereocenters. The van der Waals surface area contributed by atoms with Gasteiger partial charge in [-0.05, 0) is 61.1 Å². The maximum absolute atomic E-state index is 13.5. The number of amides is 1. The van der Waals surface area contributed by atoms with Crippen LogP contribution in [-0.4, -0.2) is 78.0 Å². The van der Waals surface area contributed by atoms with Gasteiger partial charge >= 0.3 is 18.2 Å². The SMILES string of the molecule is COC(=O)[C@H](CNC(=O)C(C)=O)CC(=O)c1ccc2cc1OCCCCCCOc1ccc(cc1)CNc1nc(nc(OCC(F)(F)F)n1)C2. The predicted octanol–water partition coefficient (Wildman–Crippen LogP) is 4.41. The van der Waals surface area contributed by atoms with E-state index in [1.54, 1.807) is 12.1 Å². The molecule has 1 atom stereocenters. The maximum Gasteiger partial charge on any atom is 0.422 e. The average molecular weight is 702 g/mol. The average Bonchev–Trinajstić information content (AvgIpc) is 3.08. The molecule has 0 saturated carbocycles. The number of ether oxygens (including phenoxy) is 4. The summed E-state index contributed by atoms with van der Waals surface area (Å²) in [7, 11) is 1.15. The van der Waals surface area contributed by atoms with Crippen molar-refractivity contribution in [3.63, 3.8) is 0 Å². The van der Waals surface area contributed by atoms with Gasteiger partial charge in [0, 0.05) is 32.9 Å². The fourth-order valence-corrected chi connectivity index (χ4v) is 4.87. The monoisotopic (exact) mass is 701 g/mol. The Hall–Kier alpha value is -5.28. The number of aromatic nitrogens is 3. The van der Waals surface area contributed by atoms with Crippen molar-refractivity contribution in [2.45, 2.75) is 58.2 Å². The molecule has 16 heteroatoms. The molecule has 0 saturated heterocycles. The summed E-state index contributed by atoms with van der Waals surface area (Å²) in [5, 5.41) is 5.33. The van der Waals surface area contributed by atoms with Gasteiger partial charge in [0.15, 0.2) is 12.4 Å². The molecule has 2 aliphatic heterocycles. The summed E-state index contributed by atoms with van der Waals surface area (Å²) in [4.78, 5) is 61.6. The van der Waals surface area contributed by atoms with Crippen molar-refractivity contribution in [2.75, 3.05) is 38.8 Å². The first-order valence-corrected chi connectivity index (χ1v) is 16.0. The Balaban J connectivity index is 1.63. The van der Waals surface area contributed by atoms with E-state index in [1.807, 2.05) is 24.3 Å². The van der Waals surface area contributed by atoms with E-state index in [4.69, 9.17) is 18.9 Å². The van der Waals surface area contributed by atoms with Gasteiger partial charge in [-0.15, -0.1) is 0 Å². The normalized spacial score (nSPS) is 14.4. The molecule has 268 valence electrons. The molecular weight excluding hydrogens is 663 g/mol. The van der Waals surface area contributed by atoms with E-state index in [9.17, 15) is 32.3 Å². The first-order valence-electron chi connectivity index (χ1n) is 16.0. The molecule has 0 spiro atoms. The lowest BCUT2D eigenvalue weighted by atomic mass is 9.96. The zero-order valence-electron chi connectivity index (χ0n) is 27.6. The summed E-state index contributed by atoms with van der Waals surface area (Å²) in [5.41, 5.74) is 1.57. The third-order valence-electron chi connectivity index (χ3n) is 7.47. The molecule has 0 radical (unpaired) electrons. The van der Waals surface area contributed by atoms with Gasteiger partial charge in [-0.1, -0.05) is 18.2 Å². The number of nitrogens with zero attached hydrogens (tertiary/aromatic N) is 3. The Morgan fingerprint density at radius 1 is 0.940 bits per heavy atom. The first-order chi connectivity index (χ1) is 23.9. The number of hydrogen-bond acceptors (Lipinski definition) is 12. The number of anilines is 1. The number of methoxy groups -OCH3 is 1. The summed E-state index contributed by atoms with van der Waals surface area (Å²) >= 11 is 0. The highest BCUT2D eigenvalue weighted by Gasteiger charge is 2.30. The second kappa shape index (κ2) is 17.9. The van der Waals surface area contributed by atoms with E-state index >= 15 is 0 Å². The molecule has 1 amide bonds. The number of ketones is 2. The molecule has 1 aromatic heterocycles. The minimum absolute atomic E-state index is 0.00706. The molecule has 13 nitrogen and oxygen atoms in total. The highest BCUT2D eigenvalue weighted by atomic mass is 19.4. The number of alkyl halides is 3. The van der Waals surface area contributed by atoms with Crippen molar-refractivity contribution in [3.8, 4) is 17.5 Å². The van der Waals surface area contributed by atoms with Gasteiger partial charge in [0.2, 0.25) is 11.7 Å². The van der Waals surface area contributed by atoms with Crippen LogP contribution in [0, 0.1) is 5.92 Å². The lowest BCUT2D eigenvalue weighted by Gasteiger charge is -2.17. The second-order valence-electron chi connectivity index (χ2n) is 11.5. The topological polar surface area (TPSA) is 168 Å². The number of carbonyl (C=O) groups is 4. The zero-order valence-corrected chi connectivity index (χ0v) is 27.6. The molecule has 3 heterocycles. The van der Waals surface area contributed by atoms with Crippen LogP contribution in [0.4, 0.5) is 19.1 Å². The van der Waals surface area contributed by atoms with Gasteiger partial charge in [0.1, 0.15) is 17.3 Å². The zero-order chi connectivity index (χ0) is 36.1. The van der Waals surface area contributed by atoms with Gasteiger partial charge < -0.3 is 29.6 Å². The Kier molecular flexibility index (Phi) is 13.5. The molecule has 5 rings (SSSR count). The molecule has 6 bridgehead atoms. The predicted molar refractivity (Wildman–Crippen MR) is 172 cm³/mol. The van der Waals surface area contributed by atoms with Crippen molar-refractivity contribution >= 4 is 29.4 Å². The third kappa shape index (κ3) is 12.0. The van der Waals surface area contributed by atoms with Crippen molar-refractivity contribution in [1.82, 2.24) is 20.3 Å². The smallest absolute Gasteiger partial charge is 0.422 e. The summed E-state index contributed by atoms with van der Waals surface area (Å²) in [6.07, 6.45) is -1.78. The number of carbonyl (C=O) groups excluding carboxylic acids is 4. The van der Waals surface area contributed by atoms with Crippen LogP contribution in [0.15, 0.2) is 42.5 Å². The van der Waals surface area contributed by atoms with Crippen LogP contribution in [-0.2, 0) is 32.1 Å². The number of nitrogens with one attached hydrogen (secondary N) is 2. The standard InChI is InChI=1S/C34H38F3N5O8/c1-21(43)30(45)38-19-24(31(46)47-2)17-27(44)26-12-9-23-15-28(26)49-14-6-4-3-5-13-48-25-10-7-22(8-11-25)18-39-32-40-29(16-23)41-33(42-32)50-20-34(35,36)37/h7-12,15,24H,3-6,13-14,16-20H2,1-2H3,(H,38,45)(H,39,40,41,42)/t24-/m0/s1. The lowest BCUT2D eigenvalue weighted by Crippen LogP contribution is -2.37. The Labute approximate surface area is 286 Å². The molecule has 3 aromatic rings. The molecule has 50 heavy (non-hydrogen) atoms. The van der Waals surface area contributed by atoms with Crippen LogP contribution in [0.25, 0.3) is 0 Å². The lowest BCUT2D eigenvalue weighted by molar-refractivity contribution is -0.154. The summed E-state index contributed by atoms with van der Waals surface area (Å²) < 4.78 is 60.4. The summed E-state index contributed by atoms with van der Waals surface area (Å²) in [5.74, 6) is -2.98. The van der Waals surface area contributed by atoms with Gasteiger partial charge in [-0.25, -0.2) is 0 Å². The quantitative estimate of drug-likeness (QED) is 0.184. The van der Waals surface area contributed by atoms with Gasteiger partial charge in [0.05, 0.1) is 31.8 Å². The Morgan fingerprint density at radius 3 is 2.32 bits per heavy atom. The summed E-state index contributed by atoms with van der Waals surface area (Å²) in [6, 6.07) is 11.5. The molecule has 2 aliphatic rings. The van der Waals surface area contributed by atoms with Crippen LogP contribution in [0.5, 0.6) is 17.5 Å². The van der Waals surface area contributed by atoms with E-state index in [1.165, 1.54) is 6.07 Å². The second-order valence-corrected chi connectivity index (χ2v) is 11.5. The van der Waals surface area contributed by atoms with Crippen LogP contribution in [0.3, 0.4) is 0 Å². The van der Waals surface area contributed by atoms with E-state index in [0.717, 1.165) is 38.9 Å². The van der Waals surface area contributed by atoms with E-state index in [2.05, 4.69) is 25.6 Å². The Bertz CT molecular complexity index is 1650.